The number of piperazine rings is 1. The van der Waals surface area contributed by atoms with E-state index in [1.54, 1.807) is 6.07 Å². The molecule has 0 radical (unpaired) electrons. The number of ketones is 1. The highest BCUT2D eigenvalue weighted by molar-refractivity contribution is 7.89. The first-order chi connectivity index (χ1) is 19.9. The Morgan fingerprint density at radius 3 is 2.05 bits per heavy atom. The molecule has 0 bridgehead atoms. The lowest BCUT2D eigenvalue weighted by Gasteiger charge is -2.33. The molecule has 11 nitrogen and oxygen atoms in total. The van der Waals surface area contributed by atoms with Gasteiger partial charge >= 0.3 is 18.3 Å². The summed E-state index contributed by atoms with van der Waals surface area (Å²) in [6.45, 7) is -2.92. The molecule has 2 aromatic carbocycles. The van der Waals surface area contributed by atoms with Gasteiger partial charge in [-0.05, 0) is 30.3 Å². The summed E-state index contributed by atoms with van der Waals surface area (Å²) < 4.78 is 110. The van der Waals surface area contributed by atoms with Crippen LogP contribution in [0.1, 0.15) is 17.5 Å². The van der Waals surface area contributed by atoms with Crippen LogP contribution in [0.2, 0.25) is 0 Å². The highest BCUT2D eigenvalue weighted by Gasteiger charge is 2.38. The van der Waals surface area contributed by atoms with Gasteiger partial charge in [0, 0.05) is 13.1 Å². The van der Waals surface area contributed by atoms with Gasteiger partial charge < -0.3 is 20.1 Å². The molecule has 2 amide bonds. The second-order valence-electron chi connectivity index (χ2n) is 9.18. The number of Topliss-reactive ketones (excluding diaryl/α,β-unsaturated/α-hetero) is 1. The smallest absolute Gasteiger partial charge is 0.416 e. The number of amides is 2. The first-order valence-corrected chi connectivity index (χ1v) is 13.6. The molecule has 2 N–H and O–H groups in total. The van der Waals surface area contributed by atoms with Gasteiger partial charge in [-0.15, -0.1) is 0 Å². The third-order valence-electron chi connectivity index (χ3n) is 6.04. The van der Waals surface area contributed by atoms with Crippen LogP contribution in [0.4, 0.5) is 26.3 Å². The lowest BCUT2D eigenvalue weighted by atomic mass is 10.1. The highest BCUT2D eigenvalue weighted by atomic mass is 32.2. The largest absolute Gasteiger partial charge is 0.486 e. The number of carbonyl (C=O) groups is 4. The fourth-order valence-corrected chi connectivity index (χ4v) is 5.30. The Balaban J connectivity index is 1.64. The van der Waals surface area contributed by atoms with Crippen molar-refractivity contribution in [3.05, 3.63) is 59.7 Å². The Morgan fingerprint density at radius 1 is 0.953 bits per heavy atom. The number of nitrogens with one attached hydrogen (secondary N) is 1. The molecule has 0 aromatic heterocycles. The minimum absolute atomic E-state index is 0.0500. The summed E-state index contributed by atoms with van der Waals surface area (Å²) in [6.07, 6.45) is -11.4. The second kappa shape index (κ2) is 13.0. The van der Waals surface area contributed by atoms with Gasteiger partial charge in [-0.3, -0.25) is 19.2 Å². The van der Waals surface area contributed by atoms with Crippen LogP contribution >= 0.6 is 0 Å². The number of rotatable bonds is 11. The first kappa shape index (κ1) is 33.3. The fraction of sp³-hybridized carbons (Fsp3) is 0.360. The lowest BCUT2D eigenvalue weighted by Crippen LogP contribution is -2.55. The van der Waals surface area contributed by atoms with Crippen molar-refractivity contribution < 1.29 is 63.8 Å². The van der Waals surface area contributed by atoms with Crippen LogP contribution in [0.15, 0.2) is 53.4 Å². The van der Waals surface area contributed by atoms with Crippen LogP contribution in [0.25, 0.3) is 0 Å². The standard InChI is InChI=1S/C25H23F6N3O8S/c26-24(27,28)15-8-16(25(29,30)31)10-17(9-15)42-14-20(35)19(11-23(38)39)32-21(36)12-33-6-7-34(13-22(33)37)43(40,41)18-4-2-1-3-5-18/h1-5,8-10,19H,6-7,11-14H2,(H,32,36)(H,38,39)/t19-/m0/s1. The molecule has 0 saturated carbocycles. The van der Waals surface area contributed by atoms with E-state index in [1.807, 2.05) is 0 Å². The van der Waals surface area contributed by atoms with E-state index in [4.69, 9.17) is 9.84 Å². The fourth-order valence-electron chi connectivity index (χ4n) is 3.90. The molecule has 3 rings (SSSR count). The first-order valence-electron chi connectivity index (χ1n) is 12.2. The molecule has 1 heterocycles. The number of ether oxygens (including phenoxy) is 1. The molecular weight excluding hydrogens is 616 g/mol. The number of alkyl halides is 6. The zero-order valence-corrected chi connectivity index (χ0v) is 22.6. The molecule has 0 unspecified atom stereocenters. The molecule has 1 atom stereocenters. The van der Waals surface area contributed by atoms with Crippen molar-refractivity contribution in [1.82, 2.24) is 14.5 Å². The normalized spacial score (nSPS) is 15.6. The van der Waals surface area contributed by atoms with E-state index in [2.05, 4.69) is 5.32 Å². The van der Waals surface area contributed by atoms with Crippen molar-refractivity contribution in [2.24, 2.45) is 0 Å². The minimum atomic E-state index is -5.18. The van der Waals surface area contributed by atoms with Gasteiger partial charge in [0.05, 0.1) is 35.5 Å². The Labute approximate surface area is 240 Å². The number of halogens is 6. The Bertz CT molecular complexity index is 1450. The van der Waals surface area contributed by atoms with E-state index in [0.717, 1.165) is 9.21 Å². The van der Waals surface area contributed by atoms with E-state index < -0.39 is 95.0 Å². The monoisotopic (exact) mass is 639 g/mol. The van der Waals surface area contributed by atoms with Gasteiger partial charge in [-0.2, -0.15) is 30.6 Å². The summed E-state index contributed by atoms with van der Waals surface area (Å²) in [5, 5.41) is 11.2. The number of benzene rings is 2. The molecule has 1 aliphatic heterocycles. The van der Waals surface area contributed by atoms with Gasteiger partial charge in [-0.1, -0.05) is 18.2 Å². The minimum Gasteiger partial charge on any atom is -0.486 e. The van der Waals surface area contributed by atoms with Crippen molar-refractivity contribution in [3.8, 4) is 5.75 Å². The second-order valence-corrected chi connectivity index (χ2v) is 11.1. The molecule has 1 fully saturated rings. The zero-order valence-electron chi connectivity index (χ0n) is 21.8. The van der Waals surface area contributed by atoms with Gasteiger partial charge in [0.2, 0.25) is 21.8 Å². The molecule has 0 aliphatic carbocycles. The van der Waals surface area contributed by atoms with E-state index in [0.29, 0.717) is 0 Å². The topological polar surface area (TPSA) is 150 Å². The lowest BCUT2D eigenvalue weighted by molar-refractivity contribution is -0.144. The van der Waals surface area contributed by atoms with E-state index in [-0.39, 0.29) is 36.2 Å². The summed E-state index contributed by atoms with van der Waals surface area (Å²) in [5.41, 5.74) is -3.41. The Hall–Kier alpha value is -4.19. The number of carboxylic acid groups (broad SMARTS) is 1. The predicted molar refractivity (Wildman–Crippen MR) is 133 cm³/mol. The third-order valence-corrected chi connectivity index (χ3v) is 7.90. The van der Waals surface area contributed by atoms with Crippen molar-refractivity contribution in [1.29, 1.82) is 0 Å². The number of sulfonamides is 1. The zero-order chi connectivity index (χ0) is 32.2. The third kappa shape index (κ3) is 8.90. The number of nitrogens with zero attached hydrogens (tertiary/aromatic N) is 2. The molecule has 2 aromatic rings. The number of hydrogen-bond acceptors (Lipinski definition) is 7. The van der Waals surface area contributed by atoms with Crippen LogP contribution in [0.5, 0.6) is 5.75 Å². The van der Waals surface area contributed by atoms with Crippen molar-refractivity contribution in [2.45, 2.75) is 29.7 Å². The SMILES string of the molecule is O=C(O)C[C@H](NC(=O)CN1CCN(S(=O)(=O)c2ccccc2)CC1=O)C(=O)COc1cc(C(F)(F)F)cc(C(F)(F)F)c1. The van der Waals surface area contributed by atoms with Gasteiger partial charge in [0.15, 0.2) is 5.78 Å². The predicted octanol–water partition coefficient (Wildman–Crippen LogP) is 2.16. The van der Waals surface area contributed by atoms with Gasteiger partial charge in [0.25, 0.3) is 0 Å². The summed E-state index contributed by atoms with van der Waals surface area (Å²) in [7, 11) is -4.01. The van der Waals surface area contributed by atoms with Crippen LogP contribution < -0.4 is 10.1 Å². The maximum atomic E-state index is 13.1. The quantitative estimate of drug-likeness (QED) is 0.356. The van der Waals surface area contributed by atoms with E-state index in [9.17, 15) is 53.9 Å². The average Bonchev–Trinajstić information content (AvgIpc) is 2.91. The average molecular weight is 640 g/mol. The molecule has 234 valence electrons. The molecule has 1 saturated heterocycles. The van der Waals surface area contributed by atoms with Crippen molar-refractivity contribution >= 4 is 33.6 Å². The summed E-state index contributed by atoms with van der Waals surface area (Å²) >= 11 is 0. The molecular formula is C25H23F6N3O8S. The van der Waals surface area contributed by atoms with Crippen molar-refractivity contribution in [2.75, 3.05) is 32.8 Å². The molecule has 43 heavy (non-hydrogen) atoms. The number of aliphatic carboxylic acids is 1. The van der Waals surface area contributed by atoms with Gasteiger partial charge in [0.1, 0.15) is 18.4 Å². The Kier molecular flexibility index (Phi) is 10.1. The molecule has 1 aliphatic rings. The summed E-state index contributed by atoms with van der Waals surface area (Å²) in [6, 6.07) is 5.73. The molecule has 18 heteroatoms. The van der Waals surface area contributed by atoms with Crippen LogP contribution in [-0.4, -0.2) is 85.1 Å². The summed E-state index contributed by atoms with van der Waals surface area (Å²) in [5.74, 6) is -5.58. The Morgan fingerprint density at radius 2 is 1.53 bits per heavy atom. The van der Waals surface area contributed by atoms with Crippen LogP contribution in [0.3, 0.4) is 0 Å². The highest BCUT2D eigenvalue weighted by Crippen LogP contribution is 2.38. The van der Waals surface area contributed by atoms with Crippen LogP contribution in [-0.2, 0) is 41.6 Å². The number of hydrogen-bond donors (Lipinski definition) is 2. The molecule has 0 spiro atoms. The van der Waals surface area contributed by atoms with E-state index in [1.165, 1.54) is 24.3 Å². The van der Waals surface area contributed by atoms with E-state index >= 15 is 0 Å². The maximum Gasteiger partial charge on any atom is 0.416 e. The van der Waals surface area contributed by atoms with Gasteiger partial charge in [-0.25, -0.2) is 8.42 Å². The van der Waals surface area contributed by atoms with Crippen LogP contribution in [0, 0.1) is 0 Å². The maximum absolute atomic E-state index is 13.1. The summed E-state index contributed by atoms with van der Waals surface area (Å²) in [4.78, 5) is 49.9. The number of carbonyl (C=O) groups excluding carboxylic acids is 3. The number of carboxylic acids is 1. The van der Waals surface area contributed by atoms with Crippen molar-refractivity contribution in [3.63, 3.8) is 0 Å².